The number of benzene rings is 1. The van der Waals surface area contributed by atoms with E-state index in [0.717, 1.165) is 25.7 Å². The molecular weight excluding hydrogens is 544 g/mol. The predicted octanol–water partition coefficient (Wildman–Crippen LogP) is 6.74. The lowest BCUT2D eigenvalue weighted by Crippen LogP contribution is -2.54. The van der Waals surface area contributed by atoms with Gasteiger partial charge in [0.15, 0.2) is 0 Å². The van der Waals surface area contributed by atoms with Gasteiger partial charge in [-0.1, -0.05) is 80.8 Å². The number of hydrogen-bond acceptors (Lipinski definition) is 5. The highest BCUT2D eigenvalue weighted by Crippen LogP contribution is 2.16. The minimum Gasteiger partial charge on any atom is -0.480 e. The Hall–Kier alpha value is -2.36. The van der Waals surface area contributed by atoms with E-state index in [1.54, 1.807) is 25.1 Å². The van der Waals surface area contributed by atoms with E-state index in [2.05, 4.69) is 56.0 Å². The number of allylic oxidation sites excluding steroid dienone is 5. The third kappa shape index (κ3) is 14.9. The Balaban J connectivity index is 0.0000152. The Morgan fingerprint density at radius 3 is 2.10 bits per heavy atom. The molecule has 1 amide bonds. The molecule has 40 heavy (non-hydrogen) atoms. The van der Waals surface area contributed by atoms with Crippen molar-refractivity contribution in [1.29, 1.82) is 0 Å². The fourth-order valence-electron chi connectivity index (χ4n) is 3.66. The molecule has 0 aromatic heterocycles. The summed E-state index contributed by atoms with van der Waals surface area (Å²) in [6.45, 7) is 12.1. The van der Waals surface area contributed by atoms with Crippen LogP contribution in [0.4, 0.5) is 0 Å². The summed E-state index contributed by atoms with van der Waals surface area (Å²) in [6, 6.07) is 5.59. The van der Waals surface area contributed by atoms with E-state index in [4.69, 9.17) is 0 Å². The highest BCUT2D eigenvalue weighted by molar-refractivity contribution is 7.99. The van der Waals surface area contributed by atoms with Gasteiger partial charge in [-0.25, -0.2) is 13.2 Å². The van der Waals surface area contributed by atoms with Crippen molar-refractivity contribution in [2.45, 2.75) is 98.1 Å². The quantitative estimate of drug-likeness (QED) is 0.128. The second-order valence-corrected chi connectivity index (χ2v) is 13.0. The largest absolute Gasteiger partial charge is 0.480 e. The van der Waals surface area contributed by atoms with Crippen molar-refractivity contribution in [3.8, 4) is 0 Å². The van der Waals surface area contributed by atoms with Gasteiger partial charge in [0, 0.05) is 11.5 Å². The number of thioether (sulfide) groups is 1. The molecule has 3 atom stereocenters. The summed E-state index contributed by atoms with van der Waals surface area (Å²) in [5.41, 5.74) is 3.96. The lowest BCUT2D eigenvalue weighted by atomic mass is 9.99. The van der Waals surface area contributed by atoms with Crippen LogP contribution < -0.4 is 10.0 Å². The van der Waals surface area contributed by atoms with Crippen molar-refractivity contribution in [3.63, 3.8) is 0 Å². The van der Waals surface area contributed by atoms with Crippen molar-refractivity contribution in [3.05, 3.63) is 65.3 Å². The van der Waals surface area contributed by atoms with Crippen molar-refractivity contribution < 1.29 is 23.1 Å². The van der Waals surface area contributed by atoms with Crippen LogP contribution in [0.2, 0.25) is 0 Å². The SMILES string of the molecule is C.CC[C@H](C)[C@H](NS(=O)(=O)c1ccccc1)C(=O)N[C@@H](CSC/C=C(\C)CC/C=C(\C)CCC=C(C)C)C(=O)O. The zero-order valence-electron chi connectivity index (χ0n) is 24.2. The number of carboxylic acid groups (broad SMARTS) is 1. The first kappa shape index (κ1) is 37.6. The molecule has 0 saturated heterocycles. The van der Waals surface area contributed by atoms with Gasteiger partial charge in [0.25, 0.3) is 0 Å². The van der Waals surface area contributed by atoms with E-state index < -0.39 is 34.0 Å². The Morgan fingerprint density at radius 1 is 0.975 bits per heavy atom. The van der Waals surface area contributed by atoms with E-state index in [0.29, 0.717) is 12.2 Å². The number of rotatable bonds is 18. The fourth-order valence-corrected chi connectivity index (χ4v) is 5.99. The summed E-state index contributed by atoms with van der Waals surface area (Å²) in [5, 5.41) is 12.2. The van der Waals surface area contributed by atoms with Gasteiger partial charge in [0.05, 0.1) is 4.90 Å². The highest BCUT2D eigenvalue weighted by Gasteiger charge is 2.32. The number of sulfonamides is 1. The number of carbonyl (C=O) groups is 2. The minimum atomic E-state index is -3.95. The summed E-state index contributed by atoms with van der Waals surface area (Å²) >= 11 is 1.42. The van der Waals surface area contributed by atoms with E-state index in [1.165, 1.54) is 40.6 Å². The van der Waals surface area contributed by atoms with E-state index in [1.807, 2.05) is 6.92 Å². The van der Waals surface area contributed by atoms with Crippen molar-refractivity contribution >= 4 is 33.7 Å². The van der Waals surface area contributed by atoms with Crippen LogP contribution in [0.25, 0.3) is 0 Å². The number of carbonyl (C=O) groups excluding carboxylic acids is 1. The van der Waals surface area contributed by atoms with Crippen LogP contribution in [0.1, 0.15) is 81.1 Å². The molecule has 0 aliphatic carbocycles. The molecule has 1 aromatic rings. The monoisotopic (exact) mass is 594 g/mol. The zero-order chi connectivity index (χ0) is 29.4. The van der Waals surface area contributed by atoms with Crippen LogP contribution in [-0.2, 0) is 19.6 Å². The first-order valence-electron chi connectivity index (χ1n) is 13.5. The standard InChI is InChI=1S/C30H46N2O5S2.CH4/c1-7-25(6)28(32-39(36,37)26-17-9-8-10-18-26)29(33)31-27(30(34)35)21-38-20-19-24(5)16-12-15-23(4)14-11-13-22(2)3;/h8-10,13,15,17-19,25,27-28,32H,7,11-12,14,16,20-21H2,1-6H3,(H,31,33)(H,34,35);1H4/b23-15+,24-19+;/t25-,27-,28-;/m0./s1. The van der Waals surface area contributed by atoms with Gasteiger partial charge in [-0.2, -0.15) is 16.5 Å². The zero-order valence-corrected chi connectivity index (χ0v) is 25.8. The third-order valence-electron chi connectivity index (χ3n) is 6.40. The van der Waals surface area contributed by atoms with E-state index in [-0.39, 0.29) is 24.0 Å². The van der Waals surface area contributed by atoms with Gasteiger partial charge >= 0.3 is 5.97 Å². The van der Waals surface area contributed by atoms with Crippen molar-refractivity contribution in [2.24, 2.45) is 5.92 Å². The molecule has 0 heterocycles. The molecule has 0 radical (unpaired) electrons. The van der Waals surface area contributed by atoms with Crippen LogP contribution in [-0.4, -0.2) is 49.0 Å². The summed E-state index contributed by atoms with van der Waals surface area (Å²) in [4.78, 5) is 25.0. The number of aliphatic carboxylic acids is 1. The van der Waals surface area contributed by atoms with Gasteiger partial charge in [-0.05, 0) is 71.4 Å². The van der Waals surface area contributed by atoms with Crippen LogP contribution in [0.15, 0.2) is 70.2 Å². The van der Waals surface area contributed by atoms with Crippen LogP contribution in [0, 0.1) is 5.92 Å². The molecule has 1 aromatic carbocycles. The number of carboxylic acids is 1. The number of nitrogens with one attached hydrogen (secondary N) is 2. The van der Waals surface area contributed by atoms with Gasteiger partial charge in [0.1, 0.15) is 12.1 Å². The van der Waals surface area contributed by atoms with E-state index in [9.17, 15) is 23.1 Å². The Labute approximate surface area is 247 Å². The predicted molar refractivity (Wildman–Crippen MR) is 169 cm³/mol. The molecule has 7 nitrogen and oxygen atoms in total. The molecule has 0 bridgehead atoms. The maximum absolute atomic E-state index is 13.0. The smallest absolute Gasteiger partial charge is 0.327 e. The van der Waals surface area contributed by atoms with Crippen LogP contribution in [0.3, 0.4) is 0 Å². The highest BCUT2D eigenvalue weighted by atomic mass is 32.2. The fraction of sp³-hybridized carbons (Fsp3) is 0.548. The second-order valence-electron chi connectivity index (χ2n) is 10.2. The Morgan fingerprint density at radius 2 is 1.55 bits per heavy atom. The number of hydrogen-bond donors (Lipinski definition) is 3. The second kappa shape index (κ2) is 19.7. The molecule has 0 aliphatic rings. The maximum Gasteiger partial charge on any atom is 0.327 e. The number of amides is 1. The van der Waals surface area contributed by atoms with Gasteiger partial charge < -0.3 is 10.4 Å². The lowest BCUT2D eigenvalue weighted by Gasteiger charge is -2.25. The van der Waals surface area contributed by atoms with Gasteiger partial charge in [-0.3, -0.25) is 4.79 Å². The normalized spacial score (nSPS) is 14.4. The molecular formula is C31H50N2O5S2. The summed E-state index contributed by atoms with van der Waals surface area (Å²) in [5.74, 6) is -1.33. The molecule has 1 rings (SSSR count). The first-order chi connectivity index (χ1) is 18.4. The van der Waals surface area contributed by atoms with Crippen molar-refractivity contribution in [1.82, 2.24) is 10.0 Å². The van der Waals surface area contributed by atoms with Crippen LogP contribution in [0.5, 0.6) is 0 Å². The summed E-state index contributed by atoms with van der Waals surface area (Å²) < 4.78 is 28.1. The summed E-state index contributed by atoms with van der Waals surface area (Å²) in [7, 11) is -3.95. The average Bonchev–Trinajstić information content (AvgIpc) is 2.88. The lowest BCUT2D eigenvalue weighted by molar-refractivity contribution is -0.141. The summed E-state index contributed by atoms with van der Waals surface area (Å²) in [6.07, 6.45) is 11.2. The molecule has 0 fully saturated rings. The molecule has 226 valence electrons. The maximum atomic E-state index is 13.0. The van der Waals surface area contributed by atoms with Gasteiger partial charge in [-0.15, -0.1) is 0 Å². The molecule has 0 spiro atoms. The topological polar surface area (TPSA) is 113 Å². The molecule has 0 unspecified atom stereocenters. The molecule has 3 N–H and O–H groups in total. The molecule has 9 heteroatoms. The minimum absolute atomic E-state index is 0. The van der Waals surface area contributed by atoms with Gasteiger partial charge in [0.2, 0.25) is 15.9 Å². The third-order valence-corrected chi connectivity index (χ3v) is 8.83. The Bertz CT molecular complexity index is 1110. The van der Waals surface area contributed by atoms with Crippen LogP contribution >= 0.6 is 11.8 Å². The van der Waals surface area contributed by atoms with E-state index >= 15 is 0 Å². The Kier molecular flexibility index (Phi) is 18.5. The van der Waals surface area contributed by atoms with Crippen molar-refractivity contribution in [2.75, 3.05) is 11.5 Å². The average molecular weight is 595 g/mol. The molecule has 0 aliphatic heterocycles. The first-order valence-corrected chi connectivity index (χ1v) is 16.1. The molecule has 0 saturated carbocycles.